The van der Waals surface area contributed by atoms with Crippen molar-refractivity contribution in [1.29, 1.82) is 0 Å². The number of rotatable bonds is 6. The molecule has 0 N–H and O–H groups in total. The molecule has 0 amide bonds. The lowest BCUT2D eigenvalue weighted by Gasteiger charge is -2.29. The Morgan fingerprint density at radius 3 is 2.37 bits per heavy atom. The fraction of sp³-hybridized carbons (Fsp3) is 0.421. The van der Waals surface area contributed by atoms with Crippen LogP contribution in [0.4, 0.5) is 0 Å². The van der Waals surface area contributed by atoms with Crippen LogP contribution in [0.15, 0.2) is 23.8 Å². The van der Waals surface area contributed by atoms with Gasteiger partial charge in [-0.15, -0.1) is 0 Å². The largest absolute Gasteiger partial charge is 0.490 e. The summed E-state index contributed by atoms with van der Waals surface area (Å²) in [4.78, 5) is 35.7. The smallest absolute Gasteiger partial charge is 0.348 e. The van der Waals surface area contributed by atoms with Gasteiger partial charge >= 0.3 is 17.9 Å². The standard InChI is InChI=1S/C19H22O8/c1-6-24-15-10-12(7-8-14(15)25-11(2)16(20)23-5)9-13-17(21)26-19(3,4)27-18(13)22/h7-11H,6H2,1-5H3. The third kappa shape index (κ3) is 4.99. The van der Waals surface area contributed by atoms with Crippen molar-refractivity contribution < 1.29 is 38.1 Å². The molecule has 0 aliphatic carbocycles. The number of esters is 3. The van der Waals surface area contributed by atoms with Crippen molar-refractivity contribution in [3.63, 3.8) is 0 Å². The summed E-state index contributed by atoms with van der Waals surface area (Å²) in [6, 6.07) is 4.76. The fourth-order valence-corrected chi connectivity index (χ4v) is 2.33. The van der Waals surface area contributed by atoms with Gasteiger partial charge in [-0.3, -0.25) is 0 Å². The van der Waals surface area contributed by atoms with E-state index in [1.54, 1.807) is 32.0 Å². The highest BCUT2D eigenvalue weighted by Crippen LogP contribution is 2.31. The minimum Gasteiger partial charge on any atom is -0.490 e. The van der Waals surface area contributed by atoms with E-state index in [1.807, 2.05) is 0 Å². The van der Waals surface area contributed by atoms with E-state index in [-0.39, 0.29) is 5.57 Å². The van der Waals surface area contributed by atoms with Crippen LogP contribution in [-0.2, 0) is 28.6 Å². The zero-order valence-corrected chi connectivity index (χ0v) is 15.9. The summed E-state index contributed by atoms with van der Waals surface area (Å²) in [5.41, 5.74) is 0.272. The first-order valence-corrected chi connectivity index (χ1v) is 8.36. The Bertz CT molecular complexity index is 756. The third-order valence-corrected chi connectivity index (χ3v) is 3.53. The van der Waals surface area contributed by atoms with Crippen molar-refractivity contribution in [3.8, 4) is 11.5 Å². The number of benzene rings is 1. The van der Waals surface area contributed by atoms with Crippen molar-refractivity contribution in [2.45, 2.75) is 39.6 Å². The van der Waals surface area contributed by atoms with Gasteiger partial charge in [-0.25, -0.2) is 14.4 Å². The summed E-state index contributed by atoms with van der Waals surface area (Å²) in [6.07, 6.45) is 0.514. The number of carbonyl (C=O) groups is 3. The average Bonchev–Trinajstić information content (AvgIpc) is 2.58. The van der Waals surface area contributed by atoms with E-state index in [0.29, 0.717) is 23.7 Å². The molecule has 1 aliphatic rings. The van der Waals surface area contributed by atoms with Crippen molar-refractivity contribution in [2.75, 3.05) is 13.7 Å². The van der Waals surface area contributed by atoms with Crippen LogP contribution in [0.3, 0.4) is 0 Å². The lowest BCUT2D eigenvalue weighted by atomic mass is 10.1. The van der Waals surface area contributed by atoms with E-state index in [9.17, 15) is 14.4 Å². The Labute approximate surface area is 157 Å². The zero-order chi connectivity index (χ0) is 20.2. The van der Waals surface area contributed by atoms with Gasteiger partial charge in [0.1, 0.15) is 5.57 Å². The van der Waals surface area contributed by atoms with Gasteiger partial charge in [0.15, 0.2) is 17.6 Å². The zero-order valence-electron chi connectivity index (χ0n) is 15.9. The summed E-state index contributed by atoms with van der Waals surface area (Å²) in [5, 5.41) is 0. The number of hydrogen-bond acceptors (Lipinski definition) is 8. The van der Waals surface area contributed by atoms with Crippen LogP contribution in [0, 0.1) is 0 Å². The van der Waals surface area contributed by atoms with Gasteiger partial charge in [0.05, 0.1) is 13.7 Å². The molecule has 1 atom stereocenters. The molecule has 1 unspecified atom stereocenters. The van der Waals surface area contributed by atoms with Crippen LogP contribution in [-0.4, -0.2) is 43.5 Å². The van der Waals surface area contributed by atoms with E-state index < -0.39 is 29.8 Å². The van der Waals surface area contributed by atoms with E-state index in [1.165, 1.54) is 27.0 Å². The summed E-state index contributed by atoms with van der Waals surface area (Å²) < 4.78 is 25.9. The first-order valence-electron chi connectivity index (χ1n) is 8.36. The number of carbonyl (C=O) groups excluding carboxylic acids is 3. The Morgan fingerprint density at radius 1 is 1.19 bits per heavy atom. The quantitative estimate of drug-likeness (QED) is 0.422. The van der Waals surface area contributed by atoms with Crippen molar-refractivity contribution >= 4 is 24.0 Å². The molecule has 0 saturated carbocycles. The molecule has 27 heavy (non-hydrogen) atoms. The average molecular weight is 378 g/mol. The monoisotopic (exact) mass is 378 g/mol. The second kappa shape index (κ2) is 8.11. The van der Waals surface area contributed by atoms with Gasteiger partial charge in [-0.1, -0.05) is 6.07 Å². The number of cyclic esters (lactones) is 2. The minimum atomic E-state index is -1.30. The summed E-state index contributed by atoms with van der Waals surface area (Å²) >= 11 is 0. The van der Waals surface area contributed by atoms with Crippen LogP contribution in [0.1, 0.15) is 33.3 Å². The molecule has 146 valence electrons. The molecular formula is C19H22O8. The molecule has 1 fully saturated rings. The molecule has 2 rings (SSSR count). The maximum Gasteiger partial charge on any atom is 0.348 e. The summed E-state index contributed by atoms with van der Waals surface area (Å²) in [7, 11) is 1.27. The number of hydrogen-bond donors (Lipinski definition) is 0. The fourth-order valence-electron chi connectivity index (χ4n) is 2.33. The molecule has 8 heteroatoms. The van der Waals surface area contributed by atoms with Gasteiger partial charge in [0, 0.05) is 13.8 Å². The highest BCUT2D eigenvalue weighted by molar-refractivity contribution is 6.18. The second-order valence-corrected chi connectivity index (χ2v) is 6.16. The van der Waals surface area contributed by atoms with Gasteiger partial charge in [0.2, 0.25) is 0 Å². The van der Waals surface area contributed by atoms with Gasteiger partial charge < -0.3 is 23.7 Å². The molecule has 1 saturated heterocycles. The SMILES string of the molecule is CCOc1cc(C=C2C(=O)OC(C)(C)OC2=O)ccc1OC(C)C(=O)OC. The lowest BCUT2D eigenvalue weighted by molar-refractivity contribution is -0.222. The van der Waals surface area contributed by atoms with Crippen LogP contribution in [0.25, 0.3) is 6.08 Å². The van der Waals surface area contributed by atoms with Crippen molar-refractivity contribution in [3.05, 3.63) is 29.3 Å². The van der Waals surface area contributed by atoms with Crippen LogP contribution >= 0.6 is 0 Å². The minimum absolute atomic E-state index is 0.228. The van der Waals surface area contributed by atoms with Crippen molar-refractivity contribution in [1.82, 2.24) is 0 Å². The van der Waals surface area contributed by atoms with E-state index >= 15 is 0 Å². The Balaban J connectivity index is 2.31. The molecule has 1 aliphatic heterocycles. The molecular weight excluding hydrogens is 356 g/mol. The summed E-state index contributed by atoms with van der Waals surface area (Å²) in [5.74, 6) is -2.70. The number of ether oxygens (including phenoxy) is 5. The Morgan fingerprint density at radius 2 is 1.81 bits per heavy atom. The maximum absolute atomic E-state index is 12.1. The predicted octanol–water partition coefficient (Wildman–Crippen LogP) is 2.25. The molecule has 0 radical (unpaired) electrons. The van der Waals surface area contributed by atoms with Crippen molar-refractivity contribution in [2.24, 2.45) is 0 Å². The highest BCUT2D eigenvalue weighted by Gasteiger charge is 2.38. The first kappa shape index (κ1) is 20.3. The lowest BCUT2D eigenvalue weighted by Crippen LogP contribution is -2.41. The molecule has 0 spiro atoms. The van der Waals surface area contributed by atoms with Crippen LogP contribution in [0.2, 0.25) is 0 Å². The van der Waals surface area contributed by atoms with E-state index in [4.69, 9.17) is 18.9 Å². The maximum atomic E-state index is 12.1. The van der Waals surface area contributed by atoms with E-state index in [0.717, 1.165) is 0 Å². The molecule has 1 aromatic carbocycles. The van der Waals surface area contributed by atoms with Crippen LogP contribution in [0.5, 0.6) is 11.5 Å². The molecule has 8 nitrogen and oxygen atoms in total. The third-order valence-electron chi connectivity index (χ3n) is 3.53. The Kier molecular flexibility index (Phi) is 6.09. The number of methoxy groups -OCH3 is 1. The van der Waals surface area contributed by atoms with Gasteiger partial charge in [-0.05, 0) is 37.6 Å². The second-order valence-electron chi connectivity index (χ2n) is 6.16. The molecule has 1 heterocycles. The first-order chi connectivity index (χ1) is 12.7. The normalized spacial score (nSPS) is 16.7. The summed E-state index contributed by atoms with van der Waals surface area (Å²) in [6.45, 7) is 6.63. The predicted molar refractivity (Wildman–Crippen MR) is 94.0 cm³/mol. The topological polar surface area (TPSA) is 97.4 Å². The van der Waals surface area contributed by atoms with Gasteiger partial charge in [-0.2, -0.15) is 0 Å². The van der Waals surface area contributed by atoms with Crippen LogP contribution < -0.4 is 9.47 Å². The molecule has 0 aromatic heterocycles. The molecule has 0 bridgehead atoms. The van der Waals surface area contributed by atoms with Gasteiger partial charge in [0.25, 0.3) is 5.79 Å². The Hall–Kier alpha value is -3.03. The molecule has 1 aromatic rings. The highest BCUT2D eigenvalue weighted by atomic mass is 16.7. The van der Waals surface area contributed by atoms with E-state index in [2.05, 4.69) is 4.74 Å².